The Labute approximate surface area is 143 Å². The van der Waals surface area contributed by atoms with Crippen LogP contribution in [-0.4, -0.2) is 35.2 Å². The summed E-state index contributed by atoms with van der Waals surface area (Å²) in [7, 11) is -2.67. The average molecular weight is 360 g/mol. The Morgan fingerprint density at radius 1 is 1.17 bits per heavy atom. The lowest BCUT2D eigenvalue weighted by Crippen LogP contribution is -2.26. The van der Waals surface area contributed by atoms with Crippen LogP contribution >= 0.6 is 11.3 Å². The van der Waals surface area contributed by atoms with Crippen molar-refractivity contribution in [2.75, 3.05) is 5.88 Å². The van der Waals surface area contributed by atoms with E-state index in [-0.39, 0.29) is 5.69 Å². The molecule has 0 radical (unpaired) electrons. The van der Waals surface area contributed by atoms with Gasteiger partial charge in [-0.1, -0.05) is 6.07 Å². The topological polar surface area (TPSA) is 102 Å². The highest BCUT2D eigenvalue weighted by Crippen LogP contribution is 2.30. The van der Waals surface area contributed by atoms with Crippen LogP contribution in [0.1, 0.15) is 10.5 Å². The van der Waals surface area contributed by atoms with Crippen LogP contribution in [-0.2, 0) is 10.7 Å². The Bertz CT molecular complexity index is 931. The minimum absolute atomic E-state index is 0.153. The first kappa shape index (κ1) is 16.2. The number of thiol groups is 1. The van der Waals surface area contributed by atoms with Crippen molar-refractivity contribution in [2.24, 2.45) is 0 Å². The van der Waals surface area contributed by atoms with Crippen LogP contribution in [0, 0.1) is 0 Å². The van der Waals surface area contributed by atoms with Gasteiger partial charge in [0, 0.05) is 24.2 Å². The van der Waals surface area contributed by atoms with Gasteiger partial charge in [0.15, 0.2) is 10.7 Å². The summed E-state index contributed by atoms with van der Waals surface area (Å²) >= 11 is 1.44. The van der Waals surface area contributed by atoms with Crippen molar-refractivity contribution in [1.29, 1.82) is 0 Å². The average Bonchev–Trinajstić information content (AvgIpc) is 3.11. The van der Waals surface area contributed by atoms with Gasteiger partial charge in [-0.3, -0.25) is 9.78 Å². The molecule has 0 bridgehead atoms. The number of nitrogens with one attached hydrogen (secondary N) is 1. The van der Waals surface area contributed by atoms with Crippen LogP contribution in [0.3, 0.4) is 0 Å². The van der Waals surface area contributed by atoms with E-state index in [0.29, 0.717) is 5.69 Å². The highest BCUT2D eigenvalue weighted by Gasteiger charge is 2.11. The fourth-order valence-electron chi connectivity index (χ4n) is 1.94. The van der Waals surface area contributed by atoms with Gasteiger partial charge in [0.1, 0.15) is 16.6 Å². The number of carbonyl (C=O) groups excluding carboxylic acids is 1. The Morgan fingerprint density at radius 3 is 2.79 bits per heavy atom. The van der Waals surface area contributed by atoms with Crippen molar-refractivity contribution in [1.82, 2.24) is 20.3 Å². The Balaban J connectivity index is 1.84. The molecule has 0 spiro atoms. The predicted octanol–water partition coefficient (Wildman–Crippen LogP) is 1.57. The van der Waals surface area contributed by atoms with Crippen molar-refractivity contribution in [3.05, 3.63) is 54.6 Å². The second-order valence-corrected chi connectivity index (χ2v) is 6.69. The maximum atomic E-state index is 11.9. The minimum atomic E-state index is -2.67. The van der Waals surface area contributed by atoms with Gasteiger partial charge >= 0.3 is 0 Å². The molecule has 0 saturated heterocycles. The summed E-state index contributed by atoms with van der Waals surface area (Å²) in [6.07, 6.45) is 5.10. The van der Waals surface area contributed by atoms with Crippen LogP contribution in [0.2, 0.25) is 0 Å². The second kappa shape index (κ2) is 7.28. The highest BCUT2D eigenvalue weighted by molar-refractivity contribution is 7.72. The molecule has 3 heterocycles. The fourth-order valence-corrected chi connectivity index (χ4v) is 3.09. The van der Waals surface area contributed by atoms with Crippen LogP contribution in [0.4, 0.5) is 0 Å². The summed E-state index contributed by atoms with van der Waals surface area (Å²) in [4.78, 5) is 25.4. The van der Waals surface area contributed by atoms with Crippen LogP contribution < -0.4 is 5.32 Å². The van der Waals surface area contributed by atoms with Crippen LogP contribution in [0.15, 0.2) is 48.9 Å². The maximum Gasteiger partial charge on any atom is 0.270 e. The van der Waals surface area contributed by atoms with Crippen LogP contribution in [0.25, 0.3) is 21.1 Å². The van der Waals surface area contributed by atoms with Crippen molar-refractivity contribution < 1.29 is 13.2 Å². The van der Waals surface area contributed by atoms with Gasteiger partial charge < -0.3 is 5.32 Å². The molecular weight excluding hydrogens is 348 g/mol. The number of aromatic nitrogens is 3. The quantitative estimate of drug-likeness (QED) is 0.670. The largest absolute Gasteiger partial charge is 0.337 e. The summed E-state index contributed by atoms with van der Waals surface area (Å²) in [5.74, 6) is -0.945. The van der Waals surface area contributed by atoms with Crippen molar-refractivity contribution in [3.63, 3.8) is 0 Å². The molecule has 0 aliphatic rings. The highest BCUT2D eigenvalue weighted by atomic mass is 32.2. The molecule has 0 unspecified atom stereocenters. The van der Waals surface area contributed by atoms with E-state index < -0.39 is 22.5 Å². The zero-order chi connectivity index (χ0) is 16.9. The lowest BCUT2D eigenvalue weighted by molar-refractivity contribution is 0.0955. The summed E-state index contributed by atoms with van der Waals surface area (Å²) in [6.45, 7) is 0. The van der Waals surface area contributed by atoms with E-state index in [1.165, 1.54) is 17.4 Å². The first-order chi connectivity index (χ1) is 11.6. The summed E-state index contributed by atoms with van der Waals surface area (Å²) in [6, 6.07) is 8.74. The molecule has 1 N–H and O–H groups in total. The first-order valence-electron chi connectivity index (χ1n) is 6.87. The minimum Gasteiger partial charge on any atom is -0.337 e. The van der Waals surface area contributed by atoms with Crippen molar-refractivity contribution in [3.8, 4) is 21.1 Å². The van der Waals surface area contributed by atoms with E-state index in [4.69, 9.17) is 0 Å². The lowest BCUT2D eigenvalue weighted by atomic mass is 10.2. The molecule has 0 aliphatic heterocycles. The molecule has 122 valence electrons. The smallest absolute Gasteiger partial charge is 0.270 e. The molecule has 0 aliphatic carbocycles. The third-order valence-corrected chi connectivity index (χ3v) is 4.50. The number of pyridine rings is 2. The van der Waals surface area contributed by atoms with Crippen LogP contribution in [0.5, 0.6) is 0 Å². The van der Waals surface area contributed by atoms with Gasteiger partial charge in [-0.05, 0) is 24.3 Å². The molecule has 9 heteroatoms. The second-order valence-electron chi connectivity index (χ2n) is 4.68. The molecule has 3 rings (SSSR count). The molecule has 24 heavy (non-hydrogen) atoms. The molecule has 0 saturated carbocycles. The summed E-state index contributed by atoms with van der Waals surface area (Å²) in [5.41, 5.74) is 1.66. The summed E-state index contributed by atoms with van der Waals surface area (Å²) < 4.78 is 21.1. The zero-order valence-corrected chi connectivity index (χ0v) is 14.0. The number of nitrogens with zero attached hydrogens (tertiary/aromatic N) is 3. The van der Waals surface area contributed by atoms with E-state index in [1.54, 1.807) is 30.7 Å². The van der Waals surface area contributed by atoms with E-state index in [9.17, 15) is 13.2 Å². The van der Waals surface area contributed by atoms with E-state index >= 15 is 0 Å². The van der Waals surface area contributed by atoms with Gasteiger partial charge in [0.05, 0.1) is 10.6 Å². The van der Waals surface area contributed by atoms with Gasteiger partial charge in [0.2, 0.25) is 0 Å². The van der Waals surface area contributed by atoms with Gasteiger partial charge in [-0.15, -0.1) is 11.3 Å². The molecule has 0 aromatic carbocycles. The lowest BCUT2D eigenvalue weighted by Gasteiger charge is -2.02. The molecule has 0 fully saturated rings. The SMILES string of the molecule is O=C(NC[SH](=O)=O)c1cccc(-c2cnc(-c3cccnc3)s2)n1. The predicted molar refractivity (Wildman–Crippen MR) is 91.2 cm³/mol. The van der Waals surface area contributed by atoms with Gasteiger partial charge in [0.25, 0.3) is 5.91 Å². The van der Waals surface area contributed by atoms with Gasteiger partial charge in [-0.2, -0.15) is 0 Å². The Kier molecular flexibility index (Phi) is 4.92. The van der Waals surface area contributed by atoms with Crippen molar-refractivity contribution >= 4 is 27.9 Å². The molecular formula is C15H12N4O3S2. The van der Waals surface area contributed by atoms with E-state index in [1.807, 2.05) is 12.1 Å². The third-order valence-electron chi connectivity index (χ3n) is 3.02. The van der Waals surface area contributed by atoms with E-state index in [2.05, 4.69) is 20.3 Å². The first-order valence-corrected chi connectivity index (χ1v) is 9.05. The fraction of sp³-hybridized carbons (Fsp3) is 0.0667. The molecule has 3 aromatic rings. The van der Waals surface area contributed by atoms with Crippen molar-refractivity contribution in [2.45, 2.75) is 0 Å². The normalized spacial score (nSPS) is 10.7. The number of hydrogen-bond donors (Lipinski definition) is 2. The number of amides is 1. The zero-order valence-electron chi connectivity index (χ0n) is 12.2. The Hall–Kier alpha value is -2.65. The number of hydrogen-bond acceptors (Lipinski definition) is 7. The number of rotatable bonds is 5. The standard InChI is InChI=1S/C15H12N4O3S2/c20-14(18-9-24(21)22)12-5-1-4-11(19-12)13-8-17-15(23-13)10-3-2-6-16-7-10/h1-8,24H,9H2,(H,18,20). The molecule has 7 nitrogen and oxygen atoms in total. The molecule has 3 aromatic heterocycles. The molecule has 0 atom stereocenters. The maximum absolute atomic E-state index is 11.9. The number of carbonyl (C=O) groups is 1. The number of thiazole rings is 1. The summed E-state index contributed by atoms with van der Waals surface area (Å²) in [5, 5.41) is 3.09. The monoisotopic (exact) mass is 360 g/mol. The molecule has 1 amide bonds. The van der Waals surface area contributed by atoms with Gasteiger partial charge in [-0.25, -0.2) is 18.4 Å². The Morgan fingerprint density at radius 2 is 2.04 bits per heavy atom. The van der Waals surface area contributed by atoms with E-state index in [0.717, 1.165) is 15.4 Å². The third kappa shape index (κ3) is 3.81.